The molecular formula is C2H5N3S. The molecule has 0 saturated carbocycles. The second-order valence-electron chi connectivity index (χ2n) is 0.589. The minimum Gasteiger partial charge on any atom is -0.0670 e. The summed E-state index contributed by atoms with van der Waals surface area (Å²) in [5.41, 5.74) is 7.63. The predicted molar refractivity (Wildman–Crippen MR) is 27.3 cm³/mol. The molecule has 0 aliphatic carbocycles. The van der Waals surface area contributed by atoms with Crippen LogP contribution in [0, 0.1) is 0 Å². The molecule has 0 amide bonds. The Morgan fingerprint density at radius 1 is 2.00 bits per heavy atom. The molecule has 3 nitrogen and oxygen atoms in total. The largest absolute Gasteiger partial charge is 0.0670 e. The van der Waals surface area contributed by atoms with Gasteiger partial charge in [0, 0.05) is 4.91 Å². The molecule has 0 bridgehead atoms. The summed E-state index contributed by atoms with van der Waals surface area (Å²) in [5.74, 6) is 0.851. The fourth-order valence-corrected chi connectivity index (χ4v) is 0.251. The lowest BCUT2D eigenvalue weighted by molar-refractivity contribution is 1.51. The maximum atomic E-state index is 7.63. The van der Waals surface area contributed by atoms with E-state index in [9.17, 15) is 0 Å². The van der Waals surface area contributed by atoms with E-state index in [1.807, 2.05) is 6.92 Å². The summed E-state index contributed by atoms with van der Waals surface area (Å²) < 4.78 is 3.19. The minimum absolute atomic E-state index is 0.851. The Kier molecular flexibility index (Phi) is 4.40. The normalized spacial score (nSPS) is 6.83. The zero-order chi connectivity index (χ0) is 4.83. The highest BCUT2D eigenvalue weighted by molar-refractivity contribution is 7.97. The maximum Gasteiger partial charge on any atom is 0.0108 e. The van der Waals surface area contributed by atoms with Crippen LogP contribution < -0.4 is 0 Å². The lowest BCUT2D eigenvalue weighted by Crippen LogP contribution is -1.51. The first-order chi connectivity index (χ1) is 2.91. The quantitative estimate of drug-likeness (QED) is 0.228. The first kappa shape index (κ1) is 5.66. The van der Waals surface area contributed by atoms with Gasteiger partial charge in [-0.15, -0.1) is 0 Å². The van der Waals surface area contributed by atoms with Gasteiger partial charge in [-0.3, -0.25) is 0 Å². The lowest BCUT2D eigenvalue weighted by atomic mass is 11.0. The molecule has 0 aromatic carbocycles. The van der Waals surface area contributed by atoms with Gasteiger partial charge < -0.3 is 0 Å². The predicted octanol–water partition coefficient (Wildman–Crippen LogP) is 1.96. The highest BCUT2D eigenvalue weighted by Crippen LogP contribution is 1.97. The Bertz CT molecular complexity index is 65.2. The zero-order valence-electron chi connectivity index (χ0n) is 3.46. The third kappa shape index (κ3) is 3.66. The third-order valence-electron chi connectivity index (χ3n) is 0.223. The Hall–Kier alpha value is -0.340. The van der Waals surface area contributed by atoms with Crippen LogP contribution in [-0.4, -0.2) is 5.75 Å². The van der Waals surface area contributed by atoms with Crippen molar-refractivity contribution < 1.29 is 0 Å². The van der Waals surface area contributed by atoms with Crippen molar-refractivity contribution in [3.8, 4) is 0 Å². The van der Waals surface area contributed by atoms with Crippen LogP contribution in [0.3, 0.4) is 0 Å². The van der Waals surface area contributed by atoms with Crippen molar-refractivity contribution in [1.29, 1.82) is 0 Å². The van der Waals surface area contributed by atoms with Crippen LogP contribution in [0.5, 0.6) is 0 Å². The molecule has 0 unspecified atom stereocenters. The maximum absolute atomic E-state index is 7.63. The van der Waals surface area contributed by atoms with Crippen LogP contribution in [0.15, 0.2) is 4.52 Å². The molecule has 34 valence electrons. The molecule has 0 heterocycles. The van der Waals surface area contributed by atoms with Gasteiger partial charge in [0.05, 0.1) is 0 Å². The second-order valence-corrected chi connectivity index (χ2v) is 1.59. The summed E-state index contributed by atoms with van der Waals surface area (Å²) in [6.07, 6.45) is 0. The molecule has 0 spiro atoms. The molecule has 0 atom stereocenters. The van der Waals surface area contributed by atoms with E-state index < -0.39 is 0 Å². The molecule has 4 heteroatoms. The number of rotatable bonds is 2. The van der Waals surface area contributed by atoms with Gasteiger partial charge in [-0.1, -0.05) is 18.9 Å². The summed E-state index contributed by atoms with van der Waals surface area (Å²) in [6.45, 7) is 1.93. The standard InChI is InChI=1S/C2H5N3S/c1-2-6-5-4-3/h2H2,1H3. The molecule has 0 aromatic heterocycles. The summed E-state index contributed by atoms with van der Waals surface area (Å²) in [6, 6.07) is 0. The fraction of sp³-hybridized carbons (Fsp3) is 1.00. The highest BCUT2D eigenvalue weighted by atomic mass is 32.2. The van der Waals surface area contributed by atoms with Crippen molar-refractivity contribution in [2.75, 3.05) is 5.75 Å². The molecular weight excluding hydrogens is 98.1 g/mol. The van der Waals surface area contributed by atoms with Gasteiger partial charge in [0.2, 0.25) is 0 Å². The zero-order valence-corrected chi connectivity index (χ0v) is 4.27. The molecule has 0 aliphatic rings. The first-order valence-electron chi connectivity index (χ1n) is 1.58. The van der Waals surface area contributed by atoms with Gasteiger partial charge in [-0.25, -0.2) is 0 Å². The lowest BCUT2D eigenvalue weighted by Gasteiger charge is -1.71. The average molecular weight is 103 g/mol. The van der Waals surface area contributed by atoms with Crippen molar-refractivity contribution in [2.24, 2.45) is 4.52 Å². The number of hydrogen-bond acceptors (Lipinski definition) is 2. The van der Waals surface area contributed by atoms with Crippen LogP contribution in [0.2, 0.25) is 0 Å². The summed E-state index contributed by atoms with van der Waals surface area (Å²) in [4.78, 5) is 2.51. The number of nitrogens with zero attached hydrogens (tertiary/aromatic N) is 3. The fourth-order valence-electron chi connectivity index (χ4n) is 0.0836. The molecule has 0 fully saturated rings. The van der Waals surface area contributed by atoms with E-state index in [0.717, 1.165) is 5.75 Å². The highest BCUT2D eigenvalue weighted by Gasteiger charge is 1.65. The van der Waals surface area contributed by atoms with Gasteiger partial charge in [-0.2, -0.15) is 0 Å². The molecule has 6 heavy (non-hydrogen) atoms. The third-order valence-corrected chi connectivity index (χ3v) is 0.670. The van der Waals surface area contributed by atoms with Crippen molar-refractivity contribution in [1.82, 2.24) is 0 Å². The van der Waals surface area contributed by atoms with Crippen LogP contribution >= 0.6 is 11.9 Å². The number of azide groups is 1. The molecule has 0 aromatic rings. The van der Waals surface area contributed by atoms with Crippen molar-refractivity contribution in [3.63, 3.8) is 0 Å². The minimum atomic E-state index is 0.851. The SMILES string of the molecule is CCSN=[N+]=[N-]. The van der Waals surface area contributed by atoms with Crippen LogP contribution in [-0.2, 0) is 0 Å². The Morgan fingerprint density at radius 2 is 2.67 bits per heavy atom. The van der Waals surface area contributed by atoms with Crippen molar-refractivity contribution in [2.45, 2.75) is 6.92 Å². The van der Waals surface area contributed by atoms with Gasteiger partial charge in [0.25, 0.3) is 0 Å². The first-order valence-corrected chi connectivity index (χ1v) is 2.52. The molecule has 0 rings (SSSR count). The second kappa shape index (κ2) is 4.66. The van der Waals surface area contributed by atoms with Gasteiger partial charge in [-0.05, 0) is 15.8 Å². The van der Waals surface area contributed by atoms with Crippen LogP contribution in [0.4, 0.5) is 0 Å². The van der Waals surface area contributed by atoms with Crippen LogP contribution in [0.25, 0.3) is 10.4 Å². The molecule has 0 N–H and O–H groups in total. The van der Waals surface area contributed by atoms with Crippen molar-refractivity contribution in [3.05, 3.63) is 10.4 Å². The summed E-state index contributed by atoms with van der Waals surface area (Å²) >= 11 is 1.22. The van der Waals surface area contributed by atoms with E-state index >= 15 is 0 Å². The van der Waals surface area contributed by atoms with E-state index in [-0.39, 0.29) is 0 Å². The molecule has 0 radical (unpaired) electrons. The van der Waals surface area contributed by atoms with E-state index in [2.05, 4.69) is 9.43 Å². The smallest absolute Gasteiger partial charge is 0.0108 e. The average Bonchev–Trinajstić information content (AvgIpc) is 1.61. The molecule has 0 saturated heterocycles. The monoisotopic (exact) mass is 103 g/mol. The Balaban J connectivity index is 2.86. The molecule has 0 aliphatic heterocycles. The van der Waals surface area contributed by atoms with E-state index in [4.69, 9.17) is 5.53 Å². The van der Waals surface area contributed by atoms with E-state index in [1.54, 1.807) is 0 Å². The van der Waals surface area contributed by atoms with Crippen LogP contribution in [0.1, 0.15) is 6.92 Å². The van der Waals surface area contributed by atoms with E-state index in [0.29, 0.717) is 0 Å². The Morgan fingerprint density at radius 3 is 2.83 bits per heavy atom. The Labute approximate surface area is 40.5 Å². The van der Waals surface area contributed by atoms with E-state index in [1.165, 1.54) is 11.9 Å². The number of hydrogen-bond donors (Lipinski definition) is 0. The topological polar surface area (TPSA) is 48.8 Å². The van der Waals surface area contributed by atoms with Crippen molar-refractivity contribution >= 4 is 11.9 Å². The van der Waals surface area contributed by atoms with Gasteiger partial charge in [0.15, 0.2) is 0 Å². The van der Waals surface area contributed by atoms with Gasteiger partial charge >= 0.3 is 0 Å². The summed E-state index contributed by atoms with van der Waals surface area (Å²) in [7, 11) is 0. The summed E-state index contributed by atoms with van der Waals surface area (Å²) in [5, 5.41) is 0. The van der Waals surface area contributed by atoms with Gasteiger partial charge in [0.1, 0.15) is 0 Å².